The summed E-state index contributed by atoms with van der Waals surface area (Å²) in [5.41, 5.74) is 0.534. The Morgan fingerprint density at radius 3 is 2.42 bits per heavy atom. The smallest absolute Gasteiger partial charge is 0.254 e. The molecule has 0 bridgehead atoms. The molecule has 2 rings (SSSR count). The quantitative estimate of drug-likeness (QED) is 0.901. The Kier molecular flexibility index (Phi) is 5.12. The van der Waals surface area contributed by atoms with Gasteiger partial charge in [0.1, 0.15) is 0 Å². The fourth-order valence-corrected chi connectivity index (χ4v) is 2.21. The van der Waals surface area contributed by atoms with Gasteiger partial charge in [0.15, 0.2) is 0 Å². The van der Waals surface area contributed by atoms with Gasteiger partial charge >= 0.3 is 0 Å². The van der Waals surface area contributed by atoms with Crippen LogP contribution in [0.5, 0.6) is 0 Å². The van der Waals surface area contributed by atoms with Crippen LogP contribution in [-0.4, -0.2) is 35.5 Å². The number of rotatable bonds is 4. The van der Waals surface area contributed by atoms with Crippen LogP contribution >= 0.6 is 0 Å². The molecule has 1 saturated heterocycles. The topological polar surface area (TPSA) is 58.1 Å². The van der Waals surface area contributed by atoms with Gasteiger partial charge in [-0.15, -0.1) is 0 Å². The number of nitrogens with one attached hydrogen (secondary N) is 1. The van der Waals surface area contributed by atoms with E-state index in [0.717, 1.165) is 25.5 Å². The van der Waals surface area contributed by atoms with Crippen molar-refractivity contribution in [3.8, 4) is 0 Å². The first-order valence-electron chi connectivity index (χ1n) is 7.16. The van der Waals surface area contributed by atoms with Crippen LogP contribution in [-0.2, 0) is 0 Å². The maximum Gasteiger partial charge on any atom is 0.254 e. The SMILES string of the molecule is CCCNC(=O)c1cnc(N2CCCCCC2)nc1. The second kappa shape index (κ2) is 7.07. The van der Waals surface area contributed by atoms with Gasteiger partial charge in [-0.1, -0.05) is 19.8 Å². The molecule has 2 heterocycles. The van der Waals surface area contributed by atoms with E-state index in [4.69, 9.17) is 0 Å². The Balaban J connectivity index is 1.98. The third kappa shape index (κ3) is 3.91. The second-order valence-corrected chi connectivity index (χ2v) is 4.93. The second-order valence-electron chi connectivity index (χ2n) is 4.93. The fourth-order valence-electron chi connectivity index (χ4n) is 2.21. The molecule has 5 nitrogen and oxygen atoms in total. The minimum absolute atomic E-state index is 0.0933. The van der Waals surface area contributed by atoms with Crippen LogP contribution < -0.4 is 10.2 Å². The van der Waals surface area contributed by atoms with Gasteiger partial charge in [-0.05, 0) is 19.3 Å². The summed E-state index contributed by atoms with van der Waals surface area (Å²) in [5, 5.41) is 2.83. The Hall–Kier alpha value is -1.65. The van der Waals surface area contributed by atoms with E-state index in [-0.39, 0.29) is 5.91 Å². The maximum absolute atomic E-state index is 11.7. The van der Waals surface area contributed by atoms with Crippen LogP contribution in [0, 0.1) is 0 Å². The number of aromatic nitrogens is 2. The monoisotopic (exact) mass is 262 g/mol. The van der Waals surface area contributed by atoms with Crippen LogP contribution in [0.1, 0.15) is 49.4 Å². The molecule has 0 aliphatic carbocycles. The molecule has 1 aliphatic rings. The average Bonchev–Trinajstić information content (AvgIpc) is 2.74. The molecule has 1 amide bonds. The molecular weight excluding hydrogens is 240 g/mol. The minimum Gasteiger partial charge on any atom is -0.352 e. The number of anilines is 1. The molecule has 1 N–H and O–H groups in total. The van der Waals surface area contributed by atoms with Crippen molar-refractivity contribution in [2.45, 2.75) is 39.0 Å². The van der Waals surface area contributed by atoms with Gasteiger partial charge in [-0.3, -0.25) is 4.79 Å². The zero-order chi connectivity index (χ0) is 13.5. The van der Waals surface area contributed by atoms with Gasteiger partial charge in [-0.25, -0.2) is 9.97 Å². The van der Waals surface area contributed by atoms with Crippen molar-refractivity contribution in [2.24, 2.45) is 0 Å². The number of carbonyl (C=O) groups excluding carboxylic acids is 1. The fraction of sp³-hybridized carbons (Fsp3) is 0.643. The molecule has 0 unspecified atom stereocenters. The Bertz CT molecular complexity index is 396. The van der Waals surface area contributed by atoms with E-state index >= 15 is 0 Å². The van der Waals surface area contributed by atoms with Crippen molar-refractivity contribution in [3.05, 3.63) is 18.0 Å². The summed E-state index contributed by atoms with van der Waals surface area (Å²) in [6.45, 7) is 4.74. The predicted octanol–water partition coefficient (Wildman–Crippen LogP) is 2.00. The number of nitrogens with zero attached hydrogens (tertiary/aromatic N) is 3. The molecular formula is C14H22N4O. The number of carbonyl (C=O) groups is 1. The van der Waals surface area contributed by atoms with Crippen molar-refractivity contribution in [2.75, 3.05) is 24.5 Å². The molecule has 5 heteroatoms. The highest BCUT2D eigenvalue weighted by molar-refractivity contribution is 5.93. The van der Waals surface area contributed by atoms with E-state index in [1.165, 1.54) is 25.7 Å². The van der Waals surface area contributed by atoms with Crippen molar-refractivity contribution in [3.63, 3.8) is 0 Å². The van der Waals surface area contributed by atoms with E-state index in [2.05, 4.69) is 20.2 Å². The van der Waals surface area contributed by atoms with E-state index in [9.17, 15) is 4.79 Å². The molecule has 1 aromatic heterocycles. The van der Waals surface area contributed by atoms with E-state index in [1.807, 2.05) is 6.92 Å². The lowest BCUT2D eigenvalue weighted by molar-refractivity contribution is 0.0953. The summed E-state index contributed by atoms with van der Waals surface area (Å²) in [6.07, 6.45) is 9.14. The highest BCUT2D eigenvalue weighted by atomic mass is 16.1. The van der Waals surface area contributed by atoms with Crippen LogP contribution in [0.25, 0.3) is 0 Å². The van der Waals surface area contributed by atoms with Gasteiger partial charge in [0, 0.05) is 32.0 Å². The van der Waals surface area contributed by atoms with Crippen molar-refractivity contribution in [1.82, 2.24) is 15.3 Å². The zero-order valence-electron chi connectivity index (χ0n) is 11.6. The van der Waals surface area contributed by atoms with Crippen molar-refractivity contribution >= 4 is 11.9 Å². The normalized spacial score (nSPS) is 15.9. The lowest BCUT2D eigenvalue weighted by Gasteiger charge is -2.19. The van der Waals surface area contributed by atoms with Crippen LogP contribution in [0.3, 0.4) is 0 Å². The van der Waals surface area contributed by atoms with Gasteiger partial charge < -0.3 is 10.2 Å². The Morgan fingerprint density at radius 1 is 1.21 bits per heavy atom. The Labute approximate surface area is 114 Å². The molecule has 0 saturated carbocycles. The first-order valence-corrected chi connectivity index (χ1v) is 7.16. The largest absolute Gasteiger partial charge is 0.352 e. The number of hydrogen-bond acceptors (Lipinski definition) is 4. The van der Waals surface area contributed by atoms with Crippen molar-refractivity contribution < 1.29 is 4.79 Å². The zero-order valence-corrected chi connectivity index (χ0v) is 11.6. The third-order valence-corrected chi connectivity index (χ3v) is 3.32. The van der Waals surface area contributed by atoms with Gasteiger partial charge in [0.2, 0.25) is 5.95 Å². The molecule has 19 heavy (non-hydrogen) atoms. The lowest BCUT2D eigenvalue weighted by atomic mass is 10.2. The number of amides is 1. The van der Waals surface area contributed by atoms with E-state index in [1.54, 1.807) is 12.4 Å². The van der Waals surface area contributed by atoms with Crippen LogP contribution in [0.2, 0.25) is 0 Å². The first-order chi connectivity index (χ1) is 9.31. The molecule has 0 radical (unpaired) electrons. The summed E-state index contributed by atoms with van der Waals surface area (Å²) in [7, 11) is 0. The third-order valence-electron chi connectivity index (χ3n) is 3.32. The average molecular weight is 262 g/mol. The predicted molar refractivity (Wildman–Crippen MR) is 75.3 cm³/mol. The van der Waals surface area contributed by atoms with Crippen LogP contribution in [0.4, 0.5) is 5.95 Å². The first kappa shape index (κ1) is 13.8. The molecule has 0 atom stereocenters. The molecule has 1 aliphatic heterocycles. The highest BCUT2D eigenvalue weighted by Crippen LogP contribution is 2.15. The Morgan fingerprint density at radius 2 is 1.84 bits per heavy atom. The van der Waals surface area contributed by atoms with Crippen LogP contribution in [0.15, 0.2) is 12.4 Å². The summed E-state index contributed by atoms with van der Waals surface area (Å²) in [4.78, 5) is 22.6. The molecule has 104 valence electrons. The van der Waals surface area contributed by atoms with E-state index < -0.39 is 0 Å². The summed E-state index contributed by atoms with van der Waals surface area (Å²) in [5.74, 6) is 0.651. The molecule has 0 spiro atoms. The van der Waals surface area contributed by atoms with Gasteiger partial charge in [0.05, 0.1) is 5.56 Å². The minimum atomic E-state index is -0.0933. The number of hydrogen-bond donors (Lipinski definition) is 1. The maximum atomic E-state index is 11.7. The molecule has 1 aromatic rings. The standard InChI is InChI=1S/C14H22N4O/c1-2-7-15-13(19)12-10-16-14(17-11-12)18-8-5-3-4-6-9-18/h10-11H,2-9H2,1H3,(H,15,19). The lowest BCUT2D eigenvalue weighted by Crippen LogP contribution is -2.27. The van der Waals surface area contributed by atoms with Gasteiger partial charge in [0.25, 0.3) is 5.91 Å². The van der Waals surface area contributed by atoms with Gasteiger partial charge in [-0.2, -0.15) is 0 Å². The molecule has 1 fully saturated rings. The summed E-state index contributed by atoms with van der Waals surface area (Å²) < 4.78 is 0. The van der Waals surface area contributed by atoms with E-state index in [0.29, 0.717) is 12.1 Å². The summed E-state index contributed by atoms with van der Waals surface area (Å²) in [6, 6.07) is 0. The van der Waals surface area contributed by atoms with Crippen molar-refractivity contribution in [1.29, 1.82) is 0 Å². The molecule has 0 aromatic carbocycles. The summed E-state index contributed by atoms with van der Waals surface area (Å²) >= 11 is 0. The highest BCUT2D eigenvalue weighted by Gasteiger charge is 2.13.